The summed E-state index contributed by atoms with van der Waals surface area (Å²) >= 11 is 0. The smallest absolute Gasteiger partial charge is 0.140 e. The molecule has 8 aromatic carbocycles. The molecule has 2 heteroatoms. The summed E-state index contributed by atoms with van der Waals surface area (Å²) in [7, 11) is 0. The van der Waals surface area contributed by atoms with Gasteiger partial charge < -0.3 is 9.32 Å². The highest BCUT2D eigenvalue weighted by Gasteiger charge is 2.47. The molecule has 230 valence electrons. The Morgan fingerprint density at radius 3 is 2.06 bits per heavy atom. The van der Waals surface area contributed by atoms with E-state index >= 15 is 0 Å². The van der Waals surface area contributed by atoms with E-state index in [2.05, 4.69) is 77.7 Å². The number of hydrogen-bond acceptors (Lipinski definition) is 2. The van der Waals surface area contributed by atoms with Gasteiger partial charge in [-0.1, -0.05) is 152 Å². The van der Waals surface area contributed by atoms with Gasteiger partial charge in [-0.2, -0.15) is 0 Å². The number of hydrogen-bond donors (Lipinski definition) is 0. The summed E-state index contributed by atoms with van der Waals surface area (Å²) in [5.74, 6) is 0. The maximum Gasteiger partial charge on any atom is 0.140 e. The Balaban J connectivity index is 1.34. The van der Waals surface area contributed by atoms with Gasteiger partial charge in [-0.05, 0) is 69.6 Å². The zero-order valence-electron chi connectivity index (χ0n) is 31.4. The number of nitrogens with zero attached hydrogens (tertiary/aromatic N) is 1. The summed E-state index contributed by atoms with van der Waals surface area (Å²) in [4.78, 5) is 2.26. The van der Waals surface area contributed by atoms with Gasteiger partial charge in [0.2, 0.25) is 0 Å². The lowest BCUT2D eigenvalue weighted by Gasteiger charge is -2.34. The third-order valence-electron chi connectivity index (χ3n) is 9.99. The Hall–Kier alpha value is -6.38. The van der Waals surface area contributed by atoms with E-state index in [1.165, 1.54) is 0 Å². The van der Waals surface area contributed by atoms with Crippen LogP contribution in [0.1, 0.15) is 29.1 Å². The molecule has 1 atom stereocenters. The second kappa shape index (κ2) is 10.8. The molecule has 1 unspecified atom stereocenters. The lowest BCUT2D eigenvalue weighted by Crippen LogP contribution is -2.28. The van der Waals surface area contributed by atoms with Gasteiger partial charge in [0.15, 0.2) is 0 Å². The molecule has 1 heterocycles. The van der Waals surface area contributed by atoms with Crippen LogP contribution in [-0.2, 0) is 5.41 Å². The third kappa shape index (κ3) is 4.01. The molecule has 1 aliphatic rings. The lowest BCUT2D eigenvalue weighted by atomic mass is 9.67. The number of anilines is 3. The summed E-state index contributed by atoms with van der Waals surface area (Å²) in [6.07, 6.45) is 0. The van der Waals surface area contributed by atoms with Gasteiger partial charge in [0, 0.05) is 33.1 Å². The van der Waals surface area contributed by atoms with Gasteiger partial charge in [-0.15, -0.1) is 0 Å². The summed E-state index contributed by atoms with van der Waals surface area (Å²) in [6, 6.07) is 51.5. The van der Waals surface area contributed by atoms with Crippen molar-refractivity contribution in [2.24, 2.45) is 0 Å². The lowest BCUT2D eigenvalue weighted by molar-refractivity contribution is 0.648. The molecular weight excluding hydrogens is 595 g/mol. The van der Waals surface area contributed by atoms with Crippen LogP contribution in [0.4, 0.5) is 17.1 Å². The Morgan fingerprint density at radius 2 is 1.16 bits per heavy atom. The van der Waals surface area contributed by atoms with E-state index in [0.29, 0.717) is 16.7 Å². The molecule has 0 amide bonds. The molecule has 0 radical (unpaired) electrons. The first-order chi connectivity index (χ1) is 26.4. The number of benzene rings is 8. The SMILES string of the molecule is [2H]c1c([2H])c([2H])c(C2(c3cccc4c3oc3ccccc34)c3ccccc3-c3cc(N(c4ccccc4)c4cccc5ccccc45)ccc32)c([2H])c1[2H]. The van der Waals surface area contributed by atoms with Crippen molar-refractivity contribution in [2.75, 3.05) is 4.90 Å². The summed E-state index contributed by atoms with van der Waals surface area (Å²) < 4.78 is 51.9. The van der Waals surface area contributed by atoms with Crippen LogP contribution in [0.25, 0.3) is 43.8 Å². The van der Waals surface area contributed by atoms with Crippen LogP contribution < -0.4 is 4.90 Å². The summed E-state index contributed by atoms with van der Waals surface area (Å²) in [5.41, 5.74) is 7.28. The predicted octanol–water partition coefficient (Wildman–Crippen LogP) is 12.6. The largest absolute Gasteiger partial charge is 0.456 e. The molecule has 9 aromatic rings. The molecular formula is C47H31NO. The molecule has 1 aliphatic carbocycles. The highest BCUT2D eigenvalue weighted by Crippen LogP contribution is 2.58. The second-order valence-corrected chi connectivity index (χ2v) is 12.5. The van der Waals surface area contributed by atoms with E-state index in [-0.39, 0.29) is 29.7 Å². The highest BCUT2D eigenvalue weighted by atomic mass is 16.3. The fourth-order valence-corrected chi connectivity index (χ4v) is 7.99. The van der Waals surface area contributed by atoms with Crippen LogP contribution in [0.15, 0.2) is 192 Å². The zero-order valence-corrected chi connectivity index (χ0v) is 26.4. The second-order valence-electron chi connectivity index (χ2n) is 12.5. The van der Waals surface area contributed by atoms with E-state index in [1.54, 1.807) is 0 Å². The van der Waals surface area contributed by atoms with Gasteiger partial charge in [0.05, 0.1) is 18.0 Å². The van der Waals surface area contributed by atoms with Gasteiger partial charge in [-0.25, -0.2) is 0 Å². The first-order valence-electron chi connectivity index (χ1n) is 18.9. The minimum Gasteiger partial charge on any atom is -0.456 e. The Labute approximate surface area is 292 Å². The minimum absolute atomic E-state index is 0.189. The predicted molar refractivity (Wildman–Crippen MR) is 203 cm³/mol. The third-order valence-corrected chi connectivity index (χ3v) is 9.99. The van der Waals surface area contributed by atoms with Gasteiger partial charge in [0.25, 0.3) is 0 Å². The Morgan fingerprint density at radius 1 is 0.490 bits per heavy atom. The molecule has 0 fully saturated rings. The zero-order chi connectivity index (χ0) is 36.7. The first-order valence-corrected chi connectivity index (χ1v) is 16.4. The number of para-hydroxylation sites is 3. The first kappa shape index (κ1) is 23.0. The topological polar surface area (TPSA) is 16.4 Å². The van der Waals surface area contributed by atoms with Crippen LogP contribution in [0.5, 0.6) is 0 Å². The molecule has 0 aliphatic heterocycles. The highest BCUT2D eigenvalue weighted by molar-refractivity contribution is 6.07. The van der Waals surface area contributed by atoms with Crippen molar-refractivity contribution in [2.45, 2.75) is 5.41 Å². The van der Waals surface area contributed by atoms with Crippen molar-refractivity contribution in [1.29, 1.82) is 0 Å². The van der Waals surface area contributed by atoms with Gasteiger partial charge >= 0.3 is 0 Å². The van der Waals surface area contributed by atoms with E-state index in [9.17, 15) is 2.74 Å². The molecule has 1 aromatic heterocycles. The monoisotopic (exact) mass is 630 g/mol. The van der Waals surface area contributed by atoms with E-state index in [4.69, 9.17) is 8.53 Å². The quantitative estimate of drug-likeness (QED) is 0.188. The average Bonchev–Trinajstić information content (AvgIpc) is 3.74. The molecule has 0 N–H and O–H groups in total. The normalized spacial score (nSPS) is 16.4. The van der Waals surface area contributed by atoms with Crippen molar-refractivity contribution >= 4 is 49.8 Å². The minimum atomic E-state index is -1.33. The average molecular weight is 631 g/mol. The van der Waals surface area contributed by atoms with Crippen molar-refractivity contribution in [3.63, 3.8) is 0 Å². The van der Waals surface area contributed by atoms with Crippen molar-refractivity contribution in [3.05, 3.63) is 210 Å². The molecule has 49 heavy (non-hydrogen) atoms. The van der Waals surface area contributed by atoms with Crippen LogP contribution in [0, 0.1) is 0 Å². The van der Waals surface area contributed by atoms with Crippen LogP contribution in [0.3, 0.4) is 0 Å². The van der Waals surface area contributed by atoms with Crippen molar-refractivity contribution in [3.8, 4) is 11.1 Å². The van der Waals surface area contributed by atoms with E-state index < -0.39 is 11.5 Å². The fourth-order valence-electron chi connectivity index (χ4n) is 7.99. The van der Waals surface area contributed by atoms with Crippen molar-refractivity contribution in [1.82, 2.24) is 0 Å². The fraction of sp³-hybridized carbons (Fsp3) is 0.0213. The molecule has 10 rings (SSSR count). The molecule has 2 nitrogen and oxygen atoms in total. The number of rotatable bonds is 5. The maximum atomic E-state index is 9.47. The van der Waals surface area contributed by atoms with Gasteiger partial charge in [-0.3, -0.25) is 0 Å². The molecule has 0 saturated heterocycles. The Kier molecular flexibility index (Phi) is 5.09. The number of fused-ring (bicyclic) bond motifs is 7. The number of furan rings is 1. The standard InChI is InChI=1S/C47H31NO/c1-3-17-33(18-4-1)47(43-26-14-24-39-38-23-10-12-28-45(38)49-46(39)43)41-25-11-9-22-37(41)40-31-35(29-30-42(40)47)48(34-19-5-2-6-20-34)44-27-13-16-32-15-7-8-21-36(32)44/h1-31H/i1D,3D,4D,17D,18D. The van der Waals surface area contributed by atoms with E-state index in [0.717, 1.165) is 60.9 Å². The summed E-state index contributed by atoms with van der Waals surface area (Å²) in [6.45, 7) is 0. The Bertz CT molecular complexity index is 2940. The van der Waals surface area contributed by atoms with E-state index in [1.807, 2.05) is 84.9 Å². The van der Waals surface area contributed by atoms with Crippen molar-refractivity contribution < 1.29 is 11.3 Å². The van der Waals surface area contributed by atoms with Crippen LogP contribution >= 0.6 is 0 Å². The molecule has 0 bridgehead atoms. The summed E-state index contributed by atoms with van der Waals surface area (Å²) in [5, 5.41) is 4.07. The van der Waals surface area contributed by atoms with Crippen LogP contribution in [0.2, 0.25) is 0 Å². The van der Waals surface area contributed by atoms with Crippen LogP contribution in [-0.4, -0.2) is 0 Å². The van der Waals surface area contributed by atoms with Gasteiger partial charge in [0.1, 0.15) is 11.2 Å². The molecule has 0 saturated carbocycles. The maximum absolute atomic E-state index is 9.47. The molecule has 0 spiro atoms.